The van der Waals surface area contributed by atoms with Crippen LogP contribution < -0.4 is 5.32 Å². The summed E-state index contributed by atoms with van der Waals surface area (Å²) in [6, 6.07) is -0.194. The summed E-state index contributed by atoms with van der Waals surface area (Å²) in [5.74, 6) is -0.555. The summed E-state index contributed by atoms with van der Waals surface area (Å²) >= 11 is 0. The minimum Gasteiger partial charge on any atom is -0.481 e. The molecule has 1 saturated carbocycles. The van der Waals surface area contributed by atoms with Gasteiger partial charge in [0, 0.05) is 19.4 Å². The van der Waals surface area contributed by atoms with E-state index < -0.39 is 10.9 Å². The first-order chi connectivity index (χ1) is 12.3. The zero-order valence-corrected chi connectivity index (χ0v) is 15.0. The number of hydrogen-bond acceptors (Lipinski definition) is 5. The number of nitrogens with zero attached hydrogens (tertiary/aromatic N) is 3. The molecule has 1 unspecified atom stereocenters. The van der Waals surface area contributed by atoms with Crippen LogP contribution >= 0.6 is 0 Å². The Bertz CT molecular complexity index is 652. The van der Waals surface area contributed by atoms with Crippen molar-refractivity contribution in [2.24, 2.45) is 5.92 Å². The number of amides is 1. The molecule has 1 fully saturated rings. The van der Waals surface area contributed by atoms with Gasteiger partial charge in [-0.3, -0.25) is 14.2 Å². The van der Waals surface area contributed by atoms with Crippen LogP contribution in [0.1, 0.15) is 57.2 Å². The molecule has 0 bridgehead atoms. The average Bonchev–Trinajstić information content (AvgIpc) is 2.94. The molecule has 0 aromatic carbocycles. The topological polar surface area (TPSA) is 127 Å². The minimum absolute atomic E-state index is 0.00718. The second-order valence-electron chi connectivity index (χ2n) is 6.97. The SMILES string of the molecule is Cc1nc([N+](=O)[O-])cn1CC(=O)NC(CCC(=O)O)CC1CCCCC1. The molecular formula is C17H26N4O5. The molecule has 9 nitrogen and oxygen atoms in total. The van der Waals surface area contributed by atoms with Gasteiger partial charge in [0.15, 0.2) is 0 Å². The number of nitro groups is 1. The van der Waals surface area contributed by atoms with Gasteiger partial charge in [-0.25, -0.2) is 0 Å². The van der Waals surface area contributed by atoms with Crippen molar-refractivity contribution in [1.29, 1.82) is 0 Å². The van der Waals surface area contributed by atoms with Crippen LogP contribution in [0.15, 0.2) is 6.20 Å². The predicted octanol–water partition coefficient (Wildman–Crippen LogP) is 2.42. The molecule has 1 aromatic rings. The Morgan fingerprint density at radius 2 is 2.12 bits per heavy atom. The van der Waals surface area contributed by atoms with Gasteiger partial charge in [0.2, 0.25) is 11.7 Å². The standard InChI is InChI=1S/C17H26N4O5/c1-12-18-15(21(25)26)10-20(12)11-16(22)19-14(7-8-17(23)24)9-13-5-3-2-4-6-13/h10,13-14H,2-9,11H2,1H3,(H,19,22)(H,23,24). The van der Waals surface area contributed by atoms with Gasteiger partial charge >= 0.3 is 11.8 Å². The van der Waals surface area contributed by atoms with E-state index in [-0.39, 0.29) is 30.7 Å². The number of aromatic nitrogens is 2. The monoisotopic (exact) mass is 366 g/mol. The maximum absolute atomic E-state index is 12.4. The van der Waals surface area contributed by atoms with E-state index in [1.54, 1.807) is 6.92 Å². The van der Waals surface area contributed by atoms with Crippen LogP contribution in [-0.2, 0) is 16.1 Å². The van der Waals surface area contributed by atoms with E-state index in [9.17, 15) is 19.7 Å². The molecule has 1 aliphatic rings. The molecule has 144 valence electrons. The Morgan fingerprint density at radius 1 is 1.42 bits per heavy atom. The Labute approximate surface area is 151 Å². The van der Waals surface area contributed by atoms with Crippen LogP contribution in [0.2, 0.25) is 0 Å². The first-order valence-corrected chi connectivity index (χ1v) is 9.04. The van der Waals surface area contributed by atoms with Crippen molar-refractivity contribution in [1.82, 2.24) is 14.9 Å². The highest BCUT2D eigenvalue weighted by Gasteiger charge is 2.22. The fraction of sp³-hybridized carbons (Fsp3) is 0.706. The number of nitrogens with one attached hydrogen (secondary N) is 1. The molecule has 2 N–H and O–H groups in total. The maximum atomic E-state index is 12.4. The molecule has 1 aliphatic carbocycles. The zero-order chi connectivity index (χ0) is 19.1. The minimum atomic E-state index is -0.881. The average molecular weight is 366 g/mol. The van der Waals surface area contributed by atoms with Crippen molar-refractivity contribution in [2.75, 3.05) is 0 Å². The third-order valence-corrected chi connectivity index (χ3v) is 4.88. The number of imidazole rings is 1. The first kappa shape index (κ1) is 19.9. The quantitative estimate of drug-likeness (QED) is 0.510. The maximum Gasteiger partial charge on any atom is 0.381 e. The Kier molecular flexibility index (Phi) is 7.11. The molecule has 9 heteroatoms. The molecular weight excluding hydrogens is 340 g/mol. The third kappa shape index (κ3) is 6.12. The van der Waals surface area contributed by atoms with Gasteiger partial charge in [0.1, 0.15) is 12.7 Å². The van der Waals surface area contributed by atoms with Gasteiger partial charge in [-0.1, -0.05) is 32.1 Å². The lowest BCUT2D eigenvalue weighted by atomic mass is 9.84. The van der Waals surface area contributed by atoms with Gasteiger partial charge in [-0.05, 0) is 28.7 Å². The van der Waals surface area contributed by atoms with Crippen molar-refractivity contribution in [2.45, 2.75) is 70.9 Å². The van der Waals surface area contributed by atoms with Gasteiger partial charge < -0.3 is 20.5 Å². The smallest absolute Gasteiger partial charge is 0.381 e. The fourth-order valence-corrected chi connectivity index (χ4v) is 3.54. The van der Waals surface area contributed by atoms with Crippen LogP contribution in [0.5, 0.6) is 0 Å². The van der Waals surface area contributed by atoms with E-state index >= 15 is 0 Å². The van der Waals surface area contributed by atoms with Gasteiger partial charge in [0.05, 0.1) is 0 Å². The first-order valence-electron chi connectivity index (χ1n) is 9.04. The number of aryl methyl sites for hydroxylation is 1. The number of carbonyl (C=O) groups excluding carboxylic acids is 1. The molecule has 1 heterocycles. The third-order valence-electron chi connectivity index (χ3n) is 4.88. The number of hydrogen-bond donors (Lipinski definition) is 2. The highest BCUT2D eigenvalue weighted by molar-refractivity contribution is 5.76. The zero-order valence-electron chi connectivity index (χ0n) is 15.0. The fourth-order valence-electron chi connectivity index (χ4n) is 3.54. The van der Waals surface area contributed by atoms with Crippen molar-refractivity contribution >= 4 is 17.7 Å². The summed E-state index contributed by atoms with van der Waals surface area (Å²) in [5.41, 5.74) is 0. The second-order valence-corrected chi connectivity index (χ2v) is 6.97. The lowest BCUT2D eigenvalue weighted by Crippen LogP contribution is -2.39. The molecule has 0 aliphatic heterocycles. The van der Waals surface area contributed by atoms with E-state index in [2.05, 4.69) is 10.3 Å². The van der Waals surface area contributed by atoms with Crippen LogP contribution in [0.4, 0.5) is 5.82 Å². The van der Waals surface area contributed by atoms with Crippen molar-refractivity contribution in [3.05, 3.63) is 22.1 Å². The number of aliphatic carboxylic acids is 1. The summed E-state index contributed by atoms with van der Waals surface area (Å²) in [6.45, 7) is 1.53. The predicted molar refractivity (Wildman–Crippen MR) is 93.6 cm³/mol. The Balaban J connectivity index is 1.95. The summed E-state index contributed by atoms with van der Waals surface area (Å²) in [6.07, 6.45) is 8.25. The number of carbonyl (C=O) groups is 2. The van der Waals surface area contributed by atoms with E-state index in [4.69, 9.17) is 5.11 Å². The van der Waals surface area contributed by atoms with Crippen LogP contribution in [-0.4, -0.2) is 37.5 Å². The van der Waals surface area contributed by atoms with Crippen LogP contribution in [0.25, 0.3) is 0 Å². The van der Waals surface area contributed by atoms with Crippen LogP contribution in [0, 0.1) is 23.0 Å². The second kappa shape index (κ2) is 9.30. The molecule has 0 radical (unpaired) electrons. The highest BCUT2D eigenvalue weighted by Crippen LogP contribution is 2.28. The van der Waals surface area contributed by atoms with Crippen molar-refractivity contribution < 1.29 is 19.6 Å². The molecule has 26 heavy (non-hydrogen) atoms. The summed E-state index contributed by atoms with van der Waals surface area (Å²) in [7, 11) is 0. The van der Waals surface area contributed by atoms with Gasteiger partial charge in [-0.15, -0.1) is 0 Å². The number of carboxylic acids is 1. The lowest BCUT2D eigenvalue weighted by molar-refractivity contribution is -0.389. The van der Waals surface area contributed by atoms with E-state index in [0.29, 0.717) is 18.2 Å². The van der Waals surface area contributed by atoms with E-state index in [0.717, 1.165) is 19.3 Å². The lowest BCUT2D eigenvalue weighted by Gasteiger charge is -2.27. The summed E-state index contributed by atoms with van der Waals surface area (Å²) in [4.78, 5) is 37.2. The summed E-state index contributed by atoms with van der Waals surface area (Å²) in [5, 5.41) is 22.6. The Hall–Kier alpha value is -2.45. The van der Waals surface area contributed by atoms with Crippen molar-refractivity contribution in [3.63, 3.8) is 0 Å². The summed E-state index contributed by atoms with van der Waals surface area (Å²) < 4.78 is 1.43. The number of rotatable bonds is 9. The van der Waals surface area contributed by atoms with Gasteiger partial charge in [0.25, 0.3) is 0 Å². The van der Waals surface area contributed by atoms with Gasteiger partial charge in [-0.2, -0.15) is 0 Å². The Morgan fingerprint density at radius 3 is 2.69 bits per heavy atom. The molecule has 1 amide bonds. The van der Waals surface area contributed by atoms with Crippen LogP contribution in [0.3, 0.4) is 0 Å². The molecule has 0 saturated heterocycles. The molecule has 2 rings (SSSR count). The number of carboxylic acid groups (broad SMARTS) is 1. The van der Waals surface area contributed by atoms with E-state index in [1.165, 1.54) is 30.0 Å². The normalized spacial score (nSPS) is 16.2. The largest absolute Gasteiger partial charge is 0.481 e. The molecule has 1 aromatic heterocycles. The van der Waals surface area contributed by atoms with Crippen molar-refractivity contribution in [3.8, 4) is 0 Å². The highest BCUT2D eigenvalue weighted by atomic mass is 16.6. The molecule has 0 spiro atoms. The molecule has 1 atom stereocenters. The van der Waals surface area contributed by atoms with E-state index in [1.807, 2.05) is 0 Å².